The van der Waals surface area contributed by atoms with E-state index in [0.29, 0.717) is 23.0 Å². The second kappa shape index (κ2) is 9.36. The molecule has 5 nitrogen and oxygen atoms in total. The first kappa shape index (κ1) is 23.0. The third-order valence-corrected chi connectivity index (χ3v) is 7.18. The summed E-state index contributed by atoms with van der Waals surface area (Å²) in [6.45, 7) is 13.8. The van der Waals surface area contributed by atoms with Crippen LogP contribution < -0.4 is 15.4 Å². The fourth-order valence-electron chi connectivity index (χ4n) is 5.19. The van der Waals surface area contributed by atoms with E-state index in [1.54, 1.807) is 7.11 Å². The number of rotatable bonds is 6. The Kier molecular flexibility index (Phi) is 6.72. The predicted molar refractivity (Wildman–Crippen MR) is 136 cm³/mol. The van der Waals surface area contributed by atoms with Crippen LogP contribution in [0.25, 0.3) is 10.9 Å². The van der Waals surface area contributed by atoms with Gasteiger partial charge >= 0.3 is 0 Å². The van der Waals surface area contributed by atoms with Gasteiger partial charge in [-0.25, -0.2) is 0 Å². The standard InChI is InChI=1S/C26H36N4OS/c1-6-17-15-30-12-10-18(17)13-23(30)24(29-25(32)28-16-26(2,3)4)20-9-11-27-22-8-7-19(31-5)14-21(20)22/h6-9,11,14,17-18,23-24H,1,10,12-13,15-16H2,2-5H3,(H2,28,29,32)/t17?,18?,23?,24-/m0/s1. The van der Waals surface area contributed by atoms with Gasteiger partial charge in [-0.05, 0) is 78.7 Å². The Morgan fingerprint density at radius 2 is 2.19 bits per heavy atom. The molecule has 1 aromatic heterocycles. The van der Waals surface area contributed by atoms with Crippen LogP contribution in [0.2, 0.25) is 0 Å². The molecule has 0 aliphatic carbocycles. The van der Waals surface area contributed by atoms with Crippen LogP contribution in [0.3, 0.4) is 0 Å². The zero-order valence-electron chi connectivity index (χ0n) is 19.7. The van der Waals surface area contributed by atoms with E-state index in [0.717, 1.165) is 42.7 Å². The number of hydrogen-bond donors (Lipinski definition) is 2. The summed E-state index contributed by atoms with van der Waals surface area (Å²) >= 11 is 5.77. The molecule has 3 aliphatic heterocycles. The first-order chi connectivity index (χ1) is 15.3. The molecule has 0 spiro atoms. The fraction of sp³-hybridized carbons (Fsp3) is 0.538. The molecule has 1 aromatic carbocycles. The number of thiocarbonyl (C=S) groups is 1. The second-order valence-electron chi connectivity index (χ2n) is 10.4. The molecule has 0 radical (unpaired) electrons. The van der Waals surface area contributed by atoms with E-state index in [4.69, 9.17) is 17.0 Å². The van der Waals surface area contributed by atoms with Crippen LogP contribution in [-0.2, 0) is 0 Å². The van der Waals surface area contributed by atoms with E-state index >= 15 is 0 Å². The topological polar surface area (TPSA) is 49.4 Å². The molecule has 2 N–H and O–H groups in total. The van der Waals surface area contributed by atoms with E-state index in [1.807, 2.05) is 18.3 Å². The maximum Gasteiger partial charge on any atom is 0.166 e. The molecule has 4 unspecified atom stereocenters. The van der Waals surface area contributed by atoms with Crippen molar-refractivity contribution in [3.8, 4) is 5.75 Å². The molecule has 172 valence electrons. The smallest absolute Gasteiger partial charge is 0.166 e. The maximum absolute atomic E-state index is 5.77. The molecule has 4 heterocycles. The first-order valence-corrected chi connectivity index (χ1v) is 12.0. The molecular formula is C26H36N4OS. The number of nitrogens with one attached hydrogen (secondary N) is 2. The molecule has 3 fully saturated rings. The number of fused-ring (bicyclic) bond motifs is 4. The third-order valence-electron chi connectivity index (χ3n) is 6.92. The number of methoxy groups -OCH3 is 1. The Morgan fingerprint density at radius 3 is 2.84 bits per heavy atom. The van der Waals surface area contributed by atoms with Crippen LogP contribution in [0.15, 0.2) is 43.1 Å². The van der Waals surface area contributed by atoms with Gasteiger partial charge in [0.2, 0.25) is 0 Å². The molecule has 0 saturated carbocycles. The summed E-state index contributed by atoms with van der Waals surface area (Å²) in [5.41, 5.74) is 2.35. The van der Waals surface area contributed by atoms with Crippen LogP contribution in [0.5, 0.6) is 5.75 Å². The molecule has 5 atom stereocenters. The van der Waals surface area contributed by atoms with Gasteiger partial charge in [0.15, 0.2) is 5.11 Å². The number of piperidine rings is 3. The van der Waals surface area contributed by atoms with Crippen molar-refractivity contribution in [1.29, 1.82) is 0 Å². The van der Waals surface area contributed by atoms with Crippen molar-refractivity contribution >= 4 is 28.2 Å². The van der Waals surface area contributed by atoms with Crippen molar-refractivity contribution in [3.63, 3.8) is 0 Å². The summed E-state index contributed by atoms with van der Waals surface area (Å²) in [6, 6.07) is 8.68. The van der Waals surface area contributed by atoms with Gasteiger partial charge in [-0.2, -0.15) is 0 Å². The highest BCUT2D eigenvalue weighted by Crippen LogP contribution is 2.42. The Morgan fingerprint density at radius 1 is 1.38 bits per heavy atom. The molecule has 0 amide bonds. The van der Waals surface area contributed by atoms with Crippen molar-refractivity contribution in [2.24, 2.45) is 17.3 Å². The number of hydrogen-bond acceptors (Lipinski definition) is 4. The fourth-order valence-corrected chi connectivity index (χ4v) is 5.39. The van der Waals surface area contributed by atoms with E-state index in [-0.39, 0.29) is 11.5 Å². The van der Waals surface area contributed by atoms with Crippen LogP contribution in [0, 0.1) is 17.3 Å². The summed E-state index contributed by atoms with van der Waals surface area (Å²) in [5.74, 6) is 2.11. The summed E-state index contributed by atoms with van der Waals surface area (Å²) in [7, 11) is 1.71. The summed E-state index contributed by atoms with van der Waals surface area (Å²) in [5, 5.41) is 8.97. The van der Waals surface area contributed by atoms with Gasteiger partial charge in [0, 0.05) is 30.7 Å². The lowest BCUT2D eigenvalue weighted by atomic mass is 9.73. The van der Waals surface area contributed by atoms with Crippen LogP contribution >= 0.6 is 12.2 Å². The number of pyridine rings is 1. The average molecular weight is 453 g/mol. The zero-order valence-corrected chi connectivity index (χ0v) is 20.5. The molecule has 2 aromatic rings. The SMILES string of the molecule is C=CC1CN2CCC1CC2[C@@H](NC(=S)NCC(C)(C)C)c1ccnc2ccc(OC)cc12. The third kappa shape index (κ3) is 4.91. The predicted octanol–water partition coefficient (Wildman–Crippen LogP) is 4.69. The van der Waals surface area contributed by atoms with E-state index in [2.05, 4.69) is 66.1 Å². The van der Waals surface area contributed by atoms with Crippen molar-refractivity contribution < 1.29 is 4.74 Å². The van der Waals surface area contributed by atoms with Crippen LogP contribution in [0.4, 0.5) is 0 Å². The van der Waals surface area contributed by atoms with Gasteiger partial charge in [0.25, 0.3) is 0 Å². The Bertz CT molecular complexity index is 985. The van der Waals surface area contributed by atoms with Crippen molar-refractivity contribution in [2.45, 2.75) is 45.7 Å². The number of aromatic nitrogens is 1. The minimum absolute atomic E-state index is 0.0705. The number of nitrogens with zero attached hydrogens (tertiary/aromatic N) is 2. The van der Waals surface area contributed by atoms with Gasteiger partial charge < -0.3 is 15.4 Å². The molecule has 32 heavy (non-hydrogen) atoms. The number of benzene rings is 1. The summed E-state index contributed by atoms with van der Waals surface area (Å²) in [4.78, 5) is 7.23. The highest BCUT2D eigenvalue weighted by atomic mass is 32.1. The molecule has 6 heteroatoms. The van der Waals surface area contributed by atoms with Crippen molar-refractivity contribution in [2.75, 3.05) is 26.7 Å². The highest BCUT2D eigenvalue weighted by molar-refractivity contribution is 7.80. The van der Waals surface area contributed by atoms with Gasteiger partial charge in [0.05, 0.1) is 18.7 Å². The normalized spacial score (nSPS) is 25.9. The molecule has 3 saturated heterocycles. The Labute approximate surface area is 197 Å². The summed E-state index contributed by atoms with van der Waals surface area (Å²) < 4.78 is 5.53. The molecular weight excluding hydrogens is 416 g/mol. The van der Waals surface area contributed by atoms with Gasteiger partial charge in [-0.3, -0.25) is 9.88 Å². The van der Waals surface area contributed by atoms with Gasteiger partial charge in [-0.1, -0.05) is 26.8 Å². The number of ether oxygens (including phenoxy) is 1. The van der Waals surface area contributed by atoms with Crippen molar-refractivity contribution in [1.82, 2.24) is 20.5 Å². The molecule has 3 aliphatic rings. The second-order valence-corrected chi connectivity index (χ2v) is 10.8. The molecule has 5 rings (SSSR count). The lowest BCUT2D eigenvalue weighted by Gasteiger charge is -2.52. The first-order valence-electron chi connectivity index (χ1n) is 11.6. The zero-order chi connectivity index (χ0) is 22.9. The lowest BCUT2D eigenvalue weighted by molar-refractivity contribution is 0.00428. The van der Waals surface area contributed by atoms with Crippen molar-refractivity contribution in [3.05, 3.63) is 48.7 Å². The van der Waals surface area contributed by atoms with E-state index in [1.165, 1.54) is 12.0 Å². The van der Waals surface area contributed by atoms with E-state index in [9.17, 15) is 0 Å². The quantitative estimate of drug-likeness (QED) is 0.490. The summed E-state index contributed by atoms with van der Waals surface area (Å²) in [6.07, 6.45) is 6.45. The van der Waals surface area contributed by atoms with Gasteiger partial charge in [-0.15, -0.1) is 6.58 Å². The van der Waals surface area contributed by atoms with E-state index < -0.39 is 0 Å². The van der Waals surface area contributed by atoms with Crippen LogP contribution in [0.1, 0.15) is 45.2 Å². The largest absolute Gasteiger partial charge is 0.497 e. The van der Waals surface area contributed by atoms with Gasteiger partial charge in [0.1, 0.15) is 5.75 Å². The minimum Gasteiger partial charge on any atom is -0.497 e. The molecule has 2 bridgehead atoms. The maximum atomic E-state index is 5.77. The Hall–Kier alpha value is -2.18. The monoisotopic (exact) mass is 452 g/mol. The van der Waals surface area contributed by atoms with Crippen LogP contribution in [-0.4, -0.2) is 47.8 Å². The Balaban J connectivity index is 1.69. The highest BCUT2D eigenvalue weighted by Gasteiger charge is 2.43. The lowest BCUT2D eigenvalue weighted by Crippen LogP contribution is -2.58. The minimum atomic E-state index is 0.0705. The average Bonchev–Trinajstić information content (AvgIpc) is 2.80.